The molecule has 1 amide bonds. The van der Waals surface area contributed by atoms with Gasteiger partial charge in [-0.05, 0) is 24.6 Å². The van der Waals surface area contributed by atoms with Crippen molar-refractivity contribution in [1.82, 2.24) is 9.88 Å². The number of aromatic nitrogens is 1. The molecular formula is C20H20N2O2S. The summed E-state index contributed by atoms with van der Waals surface area (Å²) in [5.74, 6) is 0.519. The van der Waals surface area contributed by atoms with Crippen LogP contribution in [0.2, 0.25) is 0 Å². The molecule has 1 aromatic heterocycles. The average Bonchev–Trinajstić information content (AvgIpc) is 3.15. The Morgan fingerprint density at radius 1 is 1.16 bits per heavy atom. The molecule has 0 aliphatic rings. The van der Waals surface area contributed by atoms with Gasteiger partial charge in [-0.15, -0.1) is 11.3 Å². The van der Waals surface area contributed by atoms with Crippen molar-refractivity contribution in [2.75, 3.05) is 7.05 Å². The molecule has 0 aliphatic heterocycles. The summed E-state index contributed by atoms with van der Waals surface area (Å²) >= 11 is 1.53. The quantitative estimate of drug-likeness (QED) is 0.664. The van der Waals surface area contributed by atoms with Gasteiger partial charge in [0, 0.05) is 19.0 Å². The summed E-state index contributed by atoms with van der Waals surface area (Å²) < 4.78 is 5.82. The Kier molecular flexibility index (Phi) is 5.46. The molecule has 0 saturated heterocycles. The van der Waals surface area contributed by atoms with E-state index in [9.17, 15) is 4.79 Å². The number of carbonyl (C=O) groups excluding carboxylic acids is 1. The van der Waals surface area contributed by atoms with E-state index in [2.05, 4.69) is 24.0 Å². The topological polar surface area (TPSA) is 42.4 Å². The van der Waals surface area contributed by atoms with Crippen molar-refractivity contribution in [3.05, 3.63) is 81.8 Å². The molecular weight excluding hydrogens is 332 g/mol. The lowest BCUT2D eigenvalue weighted by molar-refractivity contribution is 0.0780. The summed E-state index contributed by atoms with van der Waals surface area (Å²) in [6.07, 6.45) is 0. The van der Waals surface area contributed by atoms with Crippen LogP contribution in [0.4, 0.5) is 0 Å². The molecule has 3 aromatic rings. The van der Waals surface area contributed by atoms with E-state index in [1.54, 1.807) is 23.5 Å². The minimum atomic E-state index is -0.0607. The van der Waals surface area contributed by atoms with Crippen LogP contribution in [0.5, 0.6) is 5.75 Å². The first-order valence-electron chi connectivity index (χ1n) is 8.03. The smallest absolute Gasteiger partial charge is 0.257 e. The molecule has 0 bridgehead atoms. The number of carbonyl (C=O) groups is 1. The summed E-state index contributed by atoms with van der Waals surface area (Å²) in [6.45, 7) is 2.96. The second-order valence-corrected chi connectivity index (χ2v) is 6.63. The number of hydrogen-bond donors (Lipinski definition) is 0. The van der Waals surface area contributed by atoms with Gasteiger partial charge in [-0.3, -0.25) is 4.79 Å². The Morgan fingerprint density at radius 2 is 1.92 bits per heavy atom. The van der Waals surface area contributed by atoms with Gasteiger partial charge < -0.3 is 9.64 Å². The lowest BCUT2D eigenvalue weighted by Crippen LogP contribution is -2.26. The number of nitrogens with zero attached hydrogens (tertiary/aromatic N) is 2. The third-order valence-electron chi connectivity index (χ3n) is 3.86. The van der Waals surface area contributed by atoms with Crippen LogP contribution in [0.15, 0.2) is 59.4 Å². The van der Waals surface area contributed by atoms with E-state index < -0.39 is 0 Å². The number of aryl methyl sites for hydroxylation is 1. The fraction of sp³-hybridized carbons (Fsp3) is 0.200. The summed E-state index contributed by atoms with van der Waals surface area (Å²) in [5, 5.41) is 1.94. The normalized spacial score (nSPS) is 10.5. The van der Waals surface area contributed by atoms with Gasteiger partial charge >= 0.3 is 0 Å². The molecule has 0 unspecified atom stereocenters. The Labute approximate surface area is 151 Å². The van der Waals surface area contributed by atoms with Crippen LogP contribution in [0.1, 0.15) is 27.2 Å². The molecule has 0 radical (unpaired) electrons. The standard InChI is InChI=1S/C20H20N2O2S/c1-15-7-9-16(10-8-15)11-22(2)20(23)18-5-3-4-6-19(18)24-12-17-13-25-14-21-17/h3-10,13-14H,11-12H2,1-2H3. The first-order valence-corrected chi connectivity index (χ1v) is 8.97. The van der Waals surface area contributed by atoms with Crippen LogP contribution in [-0.2, 0) is 13.2 Å². The summed E-state index contributed by atoms with van der Waals surface area (Å²) in [6, 6.07) is 15.5. The van der Waals surface area contributed by atoms with E-state index in [0.29, 0.717) is 24.5 Å². The fourth-order valence-corrected chi connectivity index (χ4v) is 3.02. The molecule has 0 N–H and O–H groups in total. The van der Waals surface area contributed by atoms with Crippen molar-refractivity contribution in [2.45, 2.75) is 20.1 Å². The molecule has 0 aliphatic carbocycles. The zero-order valence-electron chi connectivity index (χ0n) is 14.3. The summed E-state index contributed by atoms with van der Waals surface area (Å²) in [5.41, 5.74) is 5.50. The van der Waals surface area contributed by atoms with Gasteiger partial charge in [0.15, 0.2) is 0 Å². The second kappa shape index (κ2) is 7.94. The number of ether oxygens (including phenoxy) is 1. The van der Waals surface area contributed by atoms with Gasteiger partial charge in [0.1, 0.15) is 12.4 Å². The molecule has 0 spiro atoms. The van der Waals surface area contributed by atoms with Crippen molar-refractivity contribution in [2.24, 2.45) is 0 Å². The third-order valence-corrected chi connectivity index (χ3v) is 4.50. The maximum Gasteiger partial charge on any atom is 0.257 e. The largest absolute Gasteiger partial charge is 0.486 e. The SMILES string of the molecule is Cc1ccc(CN(C)C(=O)c2ccccc2OCc2cscn2)cc1. The zero-order chi connectivity index (χ0) is 17.6. The maximum atomic E-state index is 12.8. The van der Waals surface area contributed by atoms with E-state index in [1.165, 1.54) is 16.9 Å². The highest BCUT2D eigenvalue weighted by Gasteiger charge is 2.17. The maximum absolute atomic E-state index is 12.8. The van der Waals surface area contributed by atoms with Crippen molar-refractivity contribution >= 4 is 17.2 Å². The average molecular weight is 352 g/mol. The summed E-state index contributed by atoms with van der Waals surface area (Å²) in [7, 11) is 1.80. The Morgan fingerprint density at radius 3 is 2.64 bits per heavy atom. The highest BCUT2D eigenvalue weighted by Crippen LogP contribution is 2.21. The Bertz CT molecular complexity index is 829. The highest BCUT2D eigenvalue weighted by molar-refractivity contribution is 7.07. The molecule has 3 rings (SSSR count). The van der Waals surface area contributed by atoms with E-state index >= 15 is 0 Å². The van der Waals surface area contributed by atoms with Gasteiger partial charge in [-0.2, -0.15) is 0 Å². The van der Waals surface area contributed by atoms with E-state index in [1.807, 2.05) is 35.7 Å². The van der Waals surface area contributed by atoms with Crippen LogP contribution in [0.25, 0.3) is 0 Å². The Balaban J connectivity index is 1.71. The van der Waals surface area contributed by atoms with E-state index in [0.717, 1.165) is 11.3 Å². The number of thiazole rings is 1. The molecule has 2 aromatic carbocycles. The van der Waals surface area contributed by atoms with Crippen LogP contribution in [-0.4, -0.2) is 22.8 Å². The molecule has 1 heterocycles. The lowest BCUT2D eigenvalue weighted by atomic mass is 10.1. The van der Waals surface area contributed by atoms with Gasteiger partial charge in [0.25, 0.3) is 5.91 Å². The molecule has 25 heavy (non-hydrogen) atoms. The zero-order valence-corrected chi connectivity index (χ0v) is 15.1. The van der Waals surface area contributed by atoms with Gasteiger partial charge in [-0.25, -0.2) is 4.98 Å². The van der Waals surface area contributed by atoms with Gasteiger partial charge in [-0.1, -0.05) is 42.0 Å². The van der Waals surface area contributed by atoms with Crippen LogP contribution in [0, 0.1) is 6.92 Å². The molecule has 4 nitrogen and oxygen atoms in total. The number of para-hydroxylation sites is 1. The first kappa shape index (κ1) is 17.2. The number of rotatable bonds is 6. The lowest BCUT2D eigenvalue weighted by Gasteiger charge is -2.19. The van der Waals surface area contributed by atoms with Crippen LogP contribution < -0.4 is 4.74 Å². The first-order chi connectivity index (χ1) is 12.1. The number of hydrogen-bond acceptors (Lipinski definition) is 4. The van der Waals surface area contributed by atoms with Crippen LogP contribution >= 0.6 is 11.3 Å². The van der Waals surface area contributed by atoms with Crippen molar-refractivity contribution in [3.8, 4) is 5.75 Å². The van der Waals surface area contributed by atoms with Crippen molar-refractivity contribution in [3.63, 3.8) is 0 Å². The van der Waals surface area contributed by atoms with Crippen molar-refractivity contribution < 1.29 is 9.53 Å². The van der Waals surface area contributed by atoms with E-state index in [-0.39, 0.29) is 5.91 Å². The molecule has 128 valence electrons. The minimum absolute atomic E-state index is 0.0607. The number of amides is 1. The molecule has 0 fully saturated rings. The van der Waals surface area contributed by atoms with E-state index in [4.69, 9.17) is 4.74 Å². The predicted molar refractivity (Wildman–Crippen MR) is 99.9 cm³/mol. The van der Waals surface area contributed by atoms with Gasteiger partial charge in [0.2, 0.25) is 0 Å². The molecule has 5 heteroatoms. The second-order valence-electron chi connectivity index (χ2n) is 5.91. The Hall–Kier alpha value is -2.66. The van der Waals surface area contributed by atoms with Crippen LogP contribution in [0.3, 0.4) is 0 Å². The fourth-order valence-electron chi connectivity index (χ4n) is 2.47. The summed E-state index contributed by atoms with van der Waals surface area (Å²) in [4.78, 5) is 18.7. The molecule has 0 atom stereocenters. The highest BCUT2D eigenvalue weighted by atomic mass is 32.1. The monoisotopic (exact) mass is 352 g/mol. The molecule has 0 saturated carbocycles. The van der Waals surface area contributed by atoms with Crippen molar-refractivity contribution in [1.29, 1.82) is 0 Å². The van der Waals surface area contributed by atoms with Gasteiger partial charge in [0.05, 0.1) is 16.8 Å². The minimum Gasteiger partial charge on any atom is -0.486 e. The predicted octanol–water partition coefficient (Wildman–Crippen LogP) is 4.30. The number of benzene rings is 2. The third kappa shape index (κ3) is 4.45.